The van der Waals surface area contributed by atoms with E-state index >= 15 is 0 Å². The molecule has 0 aliphatic heterocycles. The van der Waals surface area contributed by atoms with Crippen molar-refractivity contribution in [3.05, 3.63) is 64.3 Å². The van der Waals surface area contributed by atoms with E-state index in [0.29, 0.717) is 23.3 Å². The van der Waals surface area contributed by atoms with E-state index in [0.717, 1.165) is 54.3 Å². The molecule has 1 heterocycles. The van der Waals surface area contributed by atoms with Gasteiger partial charge in [-0.05, 0) is 72.6 Å². The molecule has 7 heteroatoms. The van der Waals surface area contributed by atoms with Crippen LogP contribution < -0.4 is 4.74 Å². The Hall–Kier alpha value is -2.96. The Bertz CT molecular complexity index is 1140. The molecule has 1 aliphatic rings. The van der Waals surface area contributed by atoms with Crippen LogP contribution in [-0.2, 0) is 30.4 Å². The molecule has 3 aromatic rings. The van der Waals surface area contributed by atoms with Gasteiger partial charge in [-0.2, -0.15) is 13.2 Å². The number of nitrogens with one attached hydrogen (secondary N) is 1. The van der Waals surface area contributed by atoms with Crippen molar-refractivity contribution in [2.45, 2.75) is 70.6 Å². The van der Waals surface area contributed by atoms with Gasteiger partial charge < -0.3 is 14.8 Å². The van der Waals surface area contributed by atoms with Crippen molar-refractivity contribution in [2.24, 2.45) is 0 Å². The molecule has 0 bridgehead atoms. The molecule has 0 atom stereocenters. The van der Waals surface area contributed by atoms with Crippen LogP contribution in [0.15, 0.2) is 36.4 Å². The molecule has 1 aromatic heterocycles. The topological polar surface area (TPSA) is 62.3 Å². The van der Waals surface area contributed by atoms with Crippen LogP contribution in [0.3, 0.4) is 0 Å². The molecule has 0 spiro atoms. The van der Waals surface area contributed by atoms with E-state index in [2.05, 4.69) is 4.98 Å². The van der Waals surface area contributed by atoms with Gasteiger partial charge in [0.2, 0.25) is 0 Å². The predicted octanol–water partition coefficient (Wildman–Crippen LogP) is 7.00. The van der Waals surface area contributed by atoms with Crippen molar-refractivity contribution >= 4 is 16.9 Å². The standard InChI is InChI=1S/C26H28F3NO3/c1-2-19-21-14-18(8-10-24(21)30-23(19)11-12-25(31)32)33-15-16-7-9-20(17-5-3-4-6-17)22(13-16)26(27,28)29/h7-10,13-14,17,30H,2-6,11-12,15H2,1H3,(H,31,32). The smallest absolute Gasteiger partial charge is 0.416 e. The van der Waals surface area contributed by atoms with E-state index in [1.165, 1.54) is 6.07 Å². The zero-order chi connectivity index (χ0) is 23.6. The highest BCUT2D eigenvalue weighted by Gasteiger charge is 2.36. The average Bonchev–Trinajstić information content (AvgIpc) is 3.43. The molecule has 4 rings (SSSR count). The van der Waals surface area contributed by atoms with Crippen LogP contribution in [0.5, 0.6) is 5.75 Å². The van der Waals surface area contributed by atoms with E-state index in [9.17, 15) is 18.0 Å². The molecule has 1 aliphatic carbocycles. The number of benzene rings is 2. The molecule has 4 nitrogen and oxygen atoms in total. The van der Waals surface area contributed by atoms with Gasteiger partial charge in [-0.25, -0.2) is 0 Å². The molecule has 2 aromatic carbocycles. The molecule has 1 fully saturated rings. The minimum Gasteiger partial charge on any atom is -0.489 e. The fraction of sp³-hybridized carbons (Fsp3) is 0.423. The number of carboxylic acid groups (broad SMARTS) is 1. The van der Waals surface area contributed by atoms with Gasteiger partial charge in [0.05, 0.1) is 12.0 Å². The van der Waals surface area contributed by atoms with E-state index in [1.807, 2.05) is 19.1 Å². The maximum atomic E-state index is 13.7. The van der Waals surface area contributed by atoms with Crippen LogP contribution >= 0.6 is 0 Å². The van der Waals surface area contributed by atoms with Gasteiger partial charge >= 0.3 is 12.1 Å². The Morgan fingerprint density at radius 1 is 1.15 bits per heavy atom. The van der Waals surface area contributed by atoms with Crippen LogP contribution in [0.1, 0.15) is 72.9 Å². The number of ether oxygens (including phenoxy) is 1. The SMILES string of the molecule is CCc1c(CCC(=O)O)[nH]c2ccc(OCc3ccc(C4CCCC4)c(C(F)(F)F)c3)cc12. The minimum absolute atomic E-state index is 0.0182. The quantitative estimate of drug-likeness (QED) is 0.381. The summed E-state index contributed by atoms with van der Waals surface area (Å²) in [5, 5.41) is 9.93. The van der Waals surface area contributed by atoms with Crippen LogP contribution in [0.2, 0.25) is 0 Å². The number of carbonyl (C=O) groups is 1. The number of carboxylic acids is 1. The molecule has 2 N–H and O–H groups in total. The lowest BCUT2D eigenvalue weighted by molar-refractivity contribution is -0.138. The number of H-pyrrole nitrogens is 1. The maximum absolute atomic E-state index is 13.7. The van der Waals surface area contributed by atoms with E-state index in [4.69, 9.17) is 9.84 Å². The molecular weight excluding hydrogens is 431 g/mol. The predicted molar refractivity (Wildman–Crippen MR) is 121 cm³/mol. The third-order valence-corrected chi connectivity index (χ3v) is 6.53. The van der Waals surface area contributed by atoms with Crippen LogP contribution in [-0.4, -0.2) is 16.1 Å². The number of hydrogen-bond acceptors (Lipinski definition) is 2. The van der Waals surface area contributed by atoms with Crippen molar-refractivity contribution in [2.75, 3.05) is 0 Å². The molecular formula is C26H28F3NO3. The Morgan fingerprint density at radius 3 is 2.58 bits per heavy atom. The van der Waals surface area contributed by atoms with E-state index < -0.39 is 17.7 Å². The number of aryl methyl sites for hydroxylation is 2. The summed E-state index contributed by atoms with van der Waals surface area (Å²) in [6.45, 7) is 2.04. The lowest BCUT2D eigenvalue weighted by Gasteiger charge is -2.19. The Balaban J connectivity index is 1.54. The molecule has 0 saturated heterocycles. The van der Waals surface area contributed by atoms with Gasteiger partial charge in [-0.15, -0.1) is 0 Å². The van der Waals surface area contributed by atoms with E-state index in [1.54, 1.807) is 18.2 Å². The number of aromatic amines is 1. The van der Waals surface area contributed by atoms with Gasteiger partial charge in [0.15, 0.2) is 0 Å². The fourth-order valence-corrected chi connectivity index (χ4v) is 4.92. The summed E-state index contributed by atoms with van der Waals surface area (Å²) in [6.07, 6.45) is 0.376. The normalized spacial score (nSPS) is 14.8. The summed E-state index contributed by atoms with van der Waals surface area (Å²) in [7, 11) is 0. The summed E-state index contributed by atoms with van der Waals surface area (Å²) in [5.41, 5.74) is 3.16. The molecule has 176 valence electrons. The van der Waals surface area contributed by atoms with Crippen LogP contribution in [0, 0.1) is 0 Å². The van der Waals surface area contributed by atoms with Crippen molar-refractivity contribution in [3.63, 3.8) is 0 Å². The van der Waals surface area contributed by atoms with Crippen molar-refractivity contribution in [1.82, 2.24) is 4.98 Å². The van der Waals surface area contributed by atoms with Gasteiger partial charge in [0.1, 0.15) is 12.4 Å². The molecule has 0 radical (unpaired) electrons. The second kappa shape index (κ2) is 9.49. The second-order valence-corrected chi connectivity index (χ2v) is 8.73. The number of aliphatic carboxylic acids is 1. The van der Waals surface area contributed by atoms with Gasteiger partial charge in [0.25, 0.3) is 0 Å². The highest BCUT2D eigenvalue weighted by atomic mass is 19.4. The number of alkyl halides is 3. The summed E-state index contributed by atoms with van der Waals surface area (Å²) in [4.78, 5) is 14.2. The molecule has 33 heavy (non-hydrogen) atoms. The third-order valence-electron chi connectivity index (χ3n) is 6.53. The number of fused-ring (bicyclic) bond motifs is 1. The minimum atomic E-state index is -4.39. The molecule has 0 amide bonds. The average molecular weight is 460 g/mol. The number of rotatable bonds is 8. The summed E-state index contributed by atoms with van der Waals surface area (Å²) < 4.78 is 47.1. The van der Waals surface area contributed by atoms with Crippen molar-refractivity contribution < 1.29 is 27.8 Å². The summed E-state index contributed by atoms with van der Waals surface area (Å²) >= 11 is 0. The number of halogens is 3. The second-order valence-electron chi connectivity index (χ2n) is 8.73. The monoisotopic (exact) mass is 459 g/mol. The zero-order valence-corrected chi connectivity index (χ0v) is 18.6. The first-order valence-electron chi connectivity index (χ1n) is 11.4. The van der Waals surface area contributed by atoms with Gasteiger partial charge in [-0.3, -0.25) is 4.79 Å². The lowest BCUT2D eigenvalue weighted by atomic mass is 9.91. The first-order valence-corrected chi connectivity index (χ1v) is 11.4. The Kier molecular flexibility index (Phi) is 6.68. The largest absolute Gasteiger partial charge is 0.489 e. The molecule has 0 unspecified atom stereocenters. The fourth-order valence-electron chi connectivity index (χ4n) is 4.92. The first kappa shape index (κ1) is 23.2. The third kappa shape index (κ3) is 5.18. The van der Waals surface area contributed by atoms with Crippen molar-refractivity contribution in [1.29, 1.82) is 0 Å². The van der Waals surface area contributed by atoms with Crippen LogP contribution in [0.4, 0.5) is 13.2 Å². The summed E-state index contributed by atoms with van der Waals surface area (Å²) in [5.74, 6) is -0.304. The zero-order valence-electron chi connectivity index (χ0n) is 18.6. The Morgan fingerprint density at radius 2 is 1.91 bits per heavy atom. The Labute approximate surface area is 190 Å². The van der Waals surface area contributed by atoms with E-state index in [-0.39, 0.29) is 18.9 Å². The van der Waals surface area contributed by atoms with Gasteiger partial charge in [-0.1, -0.05) is 31.9 Å². The van der Waals surface area contributed by atoms with Crippen molar-refractivity contribution in [3.8, 4) is 5.75 Å². The highest BCUT2D eigenvalue weighted by molar-refractivity contribution is 5.86. The van der Waals surface area contributed by atoms with Gasteiger partial charge in [0, 0.05) is 16.6 Å². The highest BCUT2D eigenvalue weighted by Crippen LogP contribution is 2.42. The summed E-state index contributed by atoms with van der Waals surface area (Å²) in [6, 6.07) is 10.1. The lowest BCUT2D eigenvalue weighted by Crippen LogP contribution is -2.12. The molecule has 1 saturated carbocycles. The first-order chi connectivity index (χ1) is 15.8. The van der Waals surface area contributed by atoms with Crippen LogP contribution in [0.25, 0.3) is 10.9 Å². The number of aromatic nitrogens is 1. The maximum Gasteiger partial charge on any atom is 0.416 e. The number of hydrogen-bond donors (Lipinski definition) is 2.